The maximum absolute atomic E-state index is 12.6. The lowest BCUT2D eigenvalue weighted by Gasteiger charge is -2.22. The smallest absolute Gasteiger partial charge is 0.253 e. The minimum absolute atomic E-state index is 0.0139. The number of hydrogen-bond acceptors (Lipinski definition) is 4. The van der Waals surface area contributed by atoms with Crippen LogP contribution in [0.5, 0.6) is 0 Å². The number of nitrogens with zero attached hydrogens (tertiary/aromatic N) is 2. The molecule has 4 rings (SSSR count). The molecule has 1 heterocycles. The van der Waals surface area contributed by atoms with Crippen LogP contribution in [0.4, 0.5) is 11.4 Å². The van der Waals surface area contributed by atoms with Crippen molar-refractivity contribution in [1.82, 2.24) is 10.2 Å². The number of benzene rings is 2. The average Bonchev–Trinajstić information content (AvgIpc) is 3.39. The first-order valence-corrected chi connectivity index (χ1v) is 9.56. The van der Waals surface area contributed by atoms with E-state index in [-0.39, 0.29) is 18.2 Å². The SMILES string of the molecule is Nc1cccc(CC(=O)N2C=CN(c3ccccc3C(=O)NCC3CC3)C2)c1. The zero-order valence-corrected chi connectivity index (χ0v) is 15.7. The van der Waals surface area contributed by atoms with Gasteiger partial charge < -0.3 is 16.0 Å². The zero-order chi connectivity index (χ0) is 19.5. The second-order valence-corrected chi connectivity index (χ2v) is 7.37. The van der Waals surface area contributed by atoms with Crippen molar-refractivity contribution in [2.45, 2.75) is 19.3 Å². The standard InChI is InChI=1S/C22H24N4O2/c23-18-5-3-4-17(12-18)13-21(27)26-11-10-25(15-26)20-7-2-1-6-19(20)22(28)24-14-16-8-9-16/h1-7,10-12,16H,8-9,13-15,23H2,(H,24,28). The summed E-state index contributed by atoms with van der Waals surface area (Å²) in [7, 11) is 0. The molecular formula is C22H24N4O2. The van der Waals surface area contributed by atoms with E-state index < -0.39 is 0 Å². The highest BCUT2D eigenvalue weighted by Crippen LogP contribution is 2.28. The first kappa shape index (κ1) is 18.1. The maximum atomic E-state index is 12.6. The quantitative estimate of drug-likeness (QED) is 0.760. The Labute approximate surface area is 164 Å². The van der Waals surface area contributed by atoms with Gasteiger partial charge in [-0.05, 0) is 48.6 Å². The fourth-order valence-corrected chi connectivity index (χ4v) is 3.29. The van der Waals surface area contributed by atoms with Crippen LogP contribution in [0.3, 0.4) is 0 Å². The van der Waals surface area contributed by atoms with Crippen LogP contribution in [0.1, 0.15) is 28.8 Å². The monoisotopic (exact) mass is 376 g/mol. The summed E-state index contributed by atoms with van der Waals surface area (Å²) < 4.78 is 0. The van der Waals surface area contributed by atoms with Gasteiger partial charge in [-0.2, -0.15) is 0 Å². The van der Waals surface area contributed by atoms with Crippen LogP contribution in [0, 0.1) is 5.92 Å². The van der Waals surface area contributed by atoms with Crippen molar-refractivity contribution in [3.63, 3.8) is 0 Å². The van der Waals surface area contributed by atoms with Crippen molar-refractivity contribution in [3.05, 3.63) is 72.1 Å². The molecule has 1 fully saturated rings. The third-order valence-electron chi connectivity index (χ3n) is 5.06. The number of nitrogen functional groups attached to an aromatic ring is 1. The molecule has 0 unspecified atom stereocenters. The number of hydrogen-bond donors (Lipinski definition) is 2. The summed E-state index contributed by atoms with van der Waals surface area (Å²) in [5.41, 5.74) is 8.75. The summed E-state index contributed by atoms with van der Waals surface area (Å²) in [5, 5.41) is 3.01. The molecule has 2 aromatic rings. The summed E-state index contributed by atoms with van der Waals surface area (Å²) in [6.45, 7) is 1.11. The highest BCUT2D eigenvalue weighted by Gasteiger charge is 2.25. The van der Waals surface area contributed by atoms with E-state index in [1.54, 1.807) is 17.2 Å². The molecule has 1 saturated carbocycles. The molecule has 6 heteroatoms. The Kier molecular flexibility index (Phi) is 5.02. The summed E-state index contributed by atoms with van der Waals surface area (Å²) in [4.78, 5) is 28.8. The molecule has 0 bridgehead atoms. The lowest BCUT2D eigenvalue weighted by Crippen LogP contribution is -2.33. The van der Waals surface area contributed by atoms with Crippen molar-refractivity contribution in [2.75, 3.05) is 23.8 Å². The van der Waals surface area contributed by atoms with Gasteiger partial charge in [-0.1, -0.05) is 24.3 Å². The third kappa shape index (κ3) is 4.17. The molecule has 144 valence electrons. The molecule has 0 radical (unpaired) electrons. The molecule has 3 N–H and O–H groups in total. The van der Waals surface area contributed by atoms with Gasteiger partial charge in [0.2, 0.25) is 5.91 Å². The number of carbonyl (C=O) groups excluding carboxylic acids is 2. The molecule has 2 aromatic carbocycles. The molecule has 0 spiro atoms. The fraction of sp³-hybridized carbons (Fsp3) is 0.273. The minimum Gasteiger partial charge on any atom is -0.399 e. The molecule has 0 atom stereocenters. The number of amides is 2. The second-order valence-electron chi connectivity index (χ2n) is 7.37. The Hall–Kier alpha value is -3.28. The van der Waals surface area contributed by atoms with Gasteiger partial charge in [0, 0.05) is 24.6 Å². The zero-order valence-electron chi connectivity index (χ0n) is 15.7. The van der Waals surface area contributed by atoms with Gasteiger partial charge in [0.05, 0.1) is 17.7 Å². The molecule has 2 aliphatic rings. The summed E-state index contributed by atoms with van der Waals surface area (Å²) in [6.07, 6.45) is 6.27. The third-order valence-corrected chi connectivity index (χ3v) is 5.06. The lowest BCUT2D eigenvalue weighted by molar-refractivity contribution is -0.127. The van der Waals surface area contributed by atoms with Gasteiger partial charge in [-0.15, -0.1) is 0 Å². The average molecular weight is 376 g/mol. The van der Waals surface area contributed by atoms with Crippen molar-refractivity contribution < 1.29 is 9.59 Å². The van der Waals surface area contributed by atoms with Crippen LogP contribution in [-0.4, -0.2) is 29.9 Å². The largest absolute Gasteiger partial charge is 0.399 e. The van der Waals surface area contributed by atoms with Crippen LogP contribution in [0.2, 0.25) is 0 Å². The first-order chi connectivity index (χ1) is 13.6. The number of nitrogens with one attached hydrogen (secondary N) is 1. The van der Waals surface area contributed by atoms with Crippen LogP contribution in [-0.2, 0) is 11.2 Å². The fourth-order valence-electron chi connectivity index (χ4n) is 3.29. The molecule has 0 saturated heterocycles. The Morgan fingerprint density at radius 1 is 1.07 bits per heavy atom. The van der Waals surface area contributed by atoms with Gasteiger partial charge in [0.1, 0.15) is 6.67 Å². The highest BCUT2D eigenvalue weighted by molar-refractivity contribution is 6.00. The number of anilines is 2. The van der Waals surface area contributed by atoms with Crippen LogP contribution in [0.25, 0.3) is 0 Å². The number of nitrogens with two attached hydrogens (primary N) is 1. The predicted molar refractivity (Wildman–Crippen MR) is 109 cm³/mol. The van der Waals surface area contributed by atoms with E-state index >= 15 is 0 Å². The van der Waals surface area contributed by atoms with Crippen LogP contribution < -0.4 is 16.0 Å². The second kappa shape index (κ2) is 7.76. The summed E-state index contributed by atoms with van der Waals surface area (Å²) in [5.74, 6) is 0.545. The lowest BCUT2D eigenvalue weighted by atomic mass is 10.1. The van der Waals surface area contributed by atoms with Crippen LogP contribution >= 0.6 is 0 Å². The van der Waals surface area contributed by atoms with E-state index in [1.165, 1.54) is 12.8 Å². The number of para-hydroxylation sites is 1. The maximum Gasteiger partial charge on any atom is 0.253 e. The molecule has 0 aromatic heterocycles. The molecule has 2 amide bonds. The Balaban J connectivity index is 1.42. The van der Waals surface area contributed by atoms with E-state index in [1.807, 2.05) is 53.6 Å². The molecule has 1 aliphatic carbocycles. The van der Waals surface area contributed by atoms with Gasteiger partial charge in [0.25, 0.3) is 5.91 Å². The highest BCUT2D eigenvalue weighted by atomic mass is 16.2. The van der Waals surface area contributed by atoms with Crippen molar-refractivity contribution in [3.8, 4) is 0 Å². The minimum atomic E-state index is -0.0690. The topological polar surface area (TPSA) is 78.7 Å². The number of rotatable bonds is 6. The predicted octanol–water partition coefficient (Wildman–Crippen LogP) is 2.73. The van der Waals surface area contributed by atoms with E-state index in [0.29, 0.717) is 23.8 Å². The molecule has 1 aliphatic heterocycles. The van der Waals surface area contributed by atoms with Gasteiger partial charge >= 0.3 is 0 Å². The Morgan fingerprint density at radius 3 is 2.68 bits per heavy atom. The number of carbonyl (C=O) groups is 2. The van der Waals surface area contributed by atoms with E-state index in [2.05, 4.69) is 5.32 Å². The normalized spacial score (nSPS) is 15.7. The van der Waals surface area contributed by atoms with E-state index in [9.17, 15) is 9.59 Å². The van der Waals surface area contributed by atoms with Gasteiger partial charge in [0.15, 0.2) is 0 Å². The summed E-state index contributed by atoms with van der Waals surface area (Å²) >= 11 is 0. The van der Waals surface area contributed by atoms with E-state index in [0.717, 1.165) is 17.8 Å². The van der Waals surface area contributed by atoms with Crippen molar-refractivity contribution >= 4 is 23.2 Å². The van der Waals surface area contributed by atoms with Crippen LogP contribution in [0.15, 0.2) is 60.9 Å². The van der Waals surface area contributed by atoms with Gasteiger partial charge in [-0.3, -0.25) is 14.5 Å². The molecular weight excluding hydrogens is 352 g/mol. The van der Waals surface area contributed by atoms with E-state index in [4.69, 9.17) is 5.73 Å². The summed E-state index contributed by atoms with van der Waals surface area (Å²) in [6, 6.07) is 14.8. The van der Waals surface area contributed by atoms with Gasteiger partial charge in [-0.25, -0.2) is 0 Å². The molecule has 6 nitrogen and oxygen atoms in total. The van der Waals surface area contributed by atoms with Crippen molar-refractivity contribution in [1.29, 1.82) is 0 Å². The molecule has 28 heavy (non-hydrogen) atoms. The Morgan fingerprint density at radius 2 is 1.89 bits per heavy atom. The Bertz CT molecular complexity index is 920. The first-order valence-electron chi connectivity index (χ1n) is 9.56. The van der Waals surface area contributed by atoms with Crippen molar-refractivity contribution in [2.24, 2.45) is 5.92 Å².